The Bertz CT molecular complexity index is 562. The second kappa shape index (κ2) is 8.85. The number of unbranched alkanes of at least 4 members (excludes halogenated alkanes) is 1. The molecule has 0 bridgehead atoms. The third-order valence-corrected chi connectivity index (χ3v) is 4.52. The fourth-order valence-corrected chi connectivity index (χ4v) is 3.04. The number of guanidine groups is 1. The fourth-order valence-electron chi connectivity index (χ4n) is 3.04. The van der Waals surface area contributed by atoms with E-state index in [1.54, 1.807) is 13.1 Å². The SMILES string of the molecule is CCCCN(C)C(=NC)NCC1CCN(c2ccc(F)c(F)c2)C1. The smallest absolute Gasteiger partial charge is 0.193 e. The quantitative estimate of drug-likeness (QED) is 0.639. The minimum atomic E-state index is -0.796. The molecule has 0 aromatic heterocycles. The second-order valence-electron chi connectivity index (χ2n) is 6.40. The molecule has 1 atom stereocenters. The van der Waals surface area contributed by atoms with Gasteiger partial charge in [-0.1, -0.05) is 13.3 Å². The number of aliphatic imine (C=N–C) groups is 1. The van der Waals surface area contributed by atoms with Crippen molar-refractivity contribution in [3.05, 3.63) is 29.8 Å². The molecule has 1 aromatic carbocycles. The summed E-state index contributed by atoms with van der Waals surface area (Å²) in [5.41, 5.74) is 0.751. The largest absolute Gasteiger partial charge is 0.371 e. The molecule has 2 rings (SSSR count). The predicted molar refractivity (Wildman–Crippen MR) is 95.6 cm³/mol. The van der Waals surface area contributed by atoms with E-state index >= 15 is 0 Å². The summed E-state index contributed by atoms with van der Waals surface area (Å²) in [4.78, 5) is 8.58. The predicted octanol–water partition coefficient (Wildman–Crippen LogP) is 3.10. The Morgan fingerprint density at radius 3 is 2.83 bits per heavy atom. The van der Waals surface area contributed by atoms with Crippen LogP contribution < -0.4 is 10.2 Å². The van der Waals surface area contributed by atoms with Gasteiger partial charge in [0.2, 0.25) is 0 Å². The Hall–Kier alpha value is -1.85. The van der Waals surface area contributed by atoms with Gasteiger partial charge in [-0.3, -0.25) is 4.99 Å². The molecule has 1 heterocycles. The van der Waals surface area contributed by atoms with Crippen molar-refractivity contribution in [2.75, 3.05) is 45.2 Å². The molecule has 134 valence electrons. The maximum Gasteiger partial charge on any atom is 0.193 e. The molecule has 1 N–H and O–H groups in total. The molecule has 4 nitrogen and oxygen atoms in total. The zero-order valence-corrected chi connectivity index (χ0v) is 14.9. The van der Waals surface area contributed by atoms with Crippen molar-refractivity contribution in [3.63, 3.8) is 0 Å². The summed E-state index contributed by atoms with van der Waals surface area (Å²) in [6, 6.07) is 4.12. The lowest BCUT2D eigenvalue weighted by molar-refractivity contribution is 0.454. The highest BCUT2D eigenvalue weighted by atomic mass is 19.2. The zero-order chi connectivity index (χ0) is 17.5. The van der Waals surface area contributed by atoms with Crippen molar-refractivity contribution < 1.29 is 8.78 Å². The molecule has 0 aliphatic carbocycles. The molecule has 1 aliphatic heterocycles. The molecule has 6 heteroatoms. The monoisotopic (exact) mass is 338 g/mol. The number of hydrogen-bond acceptors (Lipinski definition) is 2. The van der Waals surface area contributed by atoms with E-state index in [9.17, 15) is 8.78 Å². The van der Waals surface area contributed by atoms with Crippen LogP contribution >= 0.6 is 0 Å². The van der Waals surface area contributed by atoms with E-state index in [0.29, 0.717) is 5.92 Å². The first-order chi connectivity index (χ1) is 11.5. The molecule has 1 unspecified atom stereocenters. The minimum absolute atomic E-state index is 0.467. The summed E-state index contributed by atoms with van der Waals surface area (Å²) in [6.45, 7) is 5.70. The zero-order valence-electron chi connectivity index (χ0n) is 14.9. The van der Waals surface area contributed by atoms with Gasteiger partial charge in [-0.15, -0.1) is 0 Å². The van der Waals surface area contributed by atoms with Crippen LogP contribution in [0.15, 0.2) is 23.2 Å². The van der Waals surface area contributed by atoms with Gasteiger partial charge in [-0.2, -0.15) is 0 Å². The standard InChI is InChI=1S/C18H28F2N4/c1-4-5-9-23(3)18(21-2)22-12-14-8-10-24(13-14)15-6-7-16(19)17(20)11-15/h6-7,11,14H,4-5,8-10,12-13H2,1-3H3,(H,21,22). The Balaban J connectivity index is 1.84. The Kier molecular flexibility index (Phi) is 6.82. The van der Waals surface area contributed by atoms with Crippen molar-refractivity contribution in [2.24, 2.45) is 10.9 Å². The van der Waals surface area contributed by atoms with E-state index in [-0.39, 0.29) is 0 Å². The molecule has 1 saturated heterocycles. The average Bonchev–Trinajstić information content (AvgIpc) is 3.05. The molecule has 0 saturated carbocycles. The van der Waals surface area contributed by atoms with Crippen LogP contribution in [0, 0.1) is 17.6 Å². The van der Waals surface area contributed by atoms with E-state index < -0.39 is 11.6 Å². The third kappa shape index (κ3) is 4.82. The number of hydrogen-bond donors (Lipinski definition) is 1. The van der Waals surface area contributed by atoms with Gasteiger partial charge in [0.25, 0.3) is 0 Å². The fraction of sp³-hybridized carbons (Fsp3) is 0.611. The summed E-state index contributed by atoms with van der Waals surface area (Å²) >= 11 is 0. The lowest BCUT2D eigenvalue weighted by Gasteiger charge is -2.23. The van der Waals surface area contributed by atoms with Crippen LogP contribution in [0.25, 0.3) is 0 Å². The van der Waals surface area contributed by atoms with Gasteiger partial charge in [-0.25, -0.2) is 8.78 Å². The average molecular weight is 338 g/mol. The Labute approximate surface area is 143 Å². The summed E-state index contributed by atoms with van der Waals surface area (Å²) in [6.07, 6.45) is 3.33. The van der Waals surface area contributed by atoms with Gasteiger partial charge in [0.15, 0.2) is 17.6 Å². The first-order valence-electron chi connectivity index (χ1n) is 8.67. The van der Waals surface area contributed by atoms with Crippen LogP contribution in [0.3, 0.4) is 0 Å². The number of rotatable bonds is 6. The van der Waals surface area contributed by atoms with E-state index in [1.165, 1.54) is 12.1 Å². The highest BCUT2D eigenvalue weighted by molar-refractivity contribution is 5.79. The maximum absolute atomic E-state index is 13.4. The second-order valence-corrected chi connectivity index (χ2v) is 6.40. The van der Waals surface area contributed by atoms with Crippen molar-refractivity contribution in [2.45, 2.75) is 26.2 Å². The van der Waals surface area contributed by atoms with Crippen molar-refractivity contribution in [1.82, 2.24) is 10.2 Å². The van der Waals surface area contributed by atoms with Crippen LogP contribution in [0.1, 0.15) is 26.2 Å². The van der Waals surface area contributed by atoms with Gasteiger partial charge in [0.05, 0.1) is 0 Å². The van der Waals surface area contributed by atoms with Crippen LogP contribution in [-0.4, -0.2) is 51.1 Å². The van der Waals surface area contributed by atoms with E-state index in [4.69, 9.17) is 0 Å². The molecule has 0 amide bonds. The topological polar surface area (TPSA) is 30.9 Å². The maximum atomic E-state index is 13.4. The molecule has 24 heavy (non-hydrogen) atoms. The number of nitrogens with zero attached hydrogens (tertiary/aromatic N) is 3. The Morgan fingerprint density at radius 1 is 1.38 bits per heavy atom. The third-order valence-electron chi connectivity index (χ3n) is 4.52. The van der Waals surface area contributed by atoms with Crippen molar-refractivity contribution in [1.29, 1.82) is 0 Å². The molecule has 0 spiro atoms. The lowest BCUT2D eigenvalue weighted by atomic mass is 10.1. The first-order valence-corrected chi connectivity index (χ1v) is 8.67. The highest BCUT2D eigenvalue weighted by Gasteiger charge is 2.23. The van der Waals surface area contributed by atoms with E-state index in [1.807, 2.05) is 7.05 Å². The molecular formula is C18H28F2N4. The van der Waals surface area contributed by atoms with E-state index in [0.717, 1.165) is 57.1 Å². The Morgan fingerprint density at radius 2 is 2.17 bits per heavy atom. The molecule has 1 fully saturated rings. The normalized spacial score (nSPS) is 18.1. The van der Waals surface area contributed by atoms with Crippen LogP contribution in [-0.2, 0) is 0 Å². The summed E-state index contributed by atoms with van der Waals surface area (Å²) in [5.74, 6) is -0.203. The summed E-state index contributed by atoms with van der Waals surface area (Å²) in [5, 5.41) is 3.43. The van der Waals surface area contributed by atoms with Gasteiger partial charge in [-0.05, 0) is 30.9 Å². The molecular weight excluding hydrogens is 310 g/mol. The van der Waals surface area contributed by atoms with Gasteiger partial charge in [0.1, 0.15) is 0 Å². The highest BCUT2D eigenvalue weighted by Crippen LogP contribution is 2.25. The number of benzene rings is 1. The van der Waals surface area contributed by atoms with Crippen LogP contribution in [0.4, 0.5) is 14.5 Å². The van der Waals surface area contributed by atoms with Gasteiger partial charge in [0, 0.05) is 52.0 Å². The number of anilines is 1. The lowest BCUT2D eigenvalue weighted by Crippen LogP contribution is -2.41. The number of nitrogens with one attached hydrogen (secondary N) is 1. The first kappa shape index (κ1) is 18.5. The van der Waals surface area contributed by atoms with E-state index in [2.05, 4.69) is 27.0 Å². The number of halogens is 2. The van der Waals surface area contributed by atoms with Gasteiger partial charge < -0.3 is 15.1 Å². The minimum Gasteiger partial charge on any atom is -0.371 e. The molecule has 0 radical (unpaired) electrons. The van der Waals surface area contributed by atoms with Crippen molar-refractivity contribution >= 4 is 11.6 Å². The molecule has 1 aromatic rings. The van der Waals surface area contributed by atoms with Crippen LogP contribution in [0.5, 0.6) is 0 Å². The summed E-state index contributed by atoms with van der Waals surface area (Å²) in [7, 11) is 3.85. The van der Waals surface area contributed by atoms with Crippen molar-refractivity contribution in [3.8, 4) is 0 Å². The van der Waals surface area contributed by atoms with Gasteiger partial charge >= 0.3 is 0 Å². The summed E-state index contributed by atoms with van der Waals surface area (Å²) < 4.78 is 26.4. The van der Waals surface area contributed by atoms with Crippen LogP contribution in [0.2, 0.25) is 0 Å². The molecule has 1 aliphatic rings.